The third-order valence-corrected chi connectivity index (χ3v) is 6.95. The number of benzene rings is 2. The number of nitro benzene ring substituents is 1. The summed E-state index contributed by atoms with van der Waals surface area (Å²) in [5.41, 5.74) is 0.676. The predicted octanol–water partition coefficient (Wildman–Crippen LogP) is 3.38. The normalized spacial score (nSPS) is 15.2. The molecule has 0 bridgehead atoms. The molecule has 0 radical (unpaired) electrons. The van der Waals surface area contributed by atoms with Crippen LogP contribution in [0.5, 0.6) is 11.5 Å². The summed E-state index contributed by atoms with van der Waals surface area (Å²) in [5, 5.41) is 12.3. The van der Waals surface area contributed by atoms with Crippen molar-refractivity contribution in [1.29, 1.82) is 0 Å². The highest BCUT2D eigenvalue weighted by molar-refractivity contribution is 7.07. The van der Waals surface area contributed by atoms with Crippen molar-refractivity contribution in [3.8, 4) is 11.5 Å². The summed E-state index contributed by atoms with van der Waals surface area (Å²) in [6.45, 7) is 3.51. The van der Waals surface area contributed by atoms with Crippen LogP contribution in [0.3, 0.4) is 0 Å². The Bertz CT molecular complexity index is 1610. The number of thiazole rings is 1. The number of allylic oxidation sites excluding steroid dienone is 1. The van der Waals surface area contributed by atoms with Crippen molar-refractivity contribution in [2.24, 2.45) is 4.99 Å². The van der Waals surface area contributed by atoms with Gasteiger partial charge in [0, 0.05) is 5.02 Å². The van der Waals surface area contributed by atoms with Gasteiger partial charge in [0.25, 0.3) is 11.2 Å². The summed E-state index contributed by atoms with van der Waals surface area (Å²) in [7, 11) is 2.78. The molecule has 2 heterocycles. The highest BCUT2D eigenvalue weighted by Gasteiger charge is 2.33. The molecule has 10 nitrogen and oxygen atoms in total. The molecule has 0 saturated heterocycles. The van der Waals surface area contributed by atoms with Gasteiger partial charge in [-0.3, -0.25) is 19.5 Å². The van der Waals surface area contributed by atoms with Gasteiger partial charge in [0.2, 0.25) is 0 Å². The first-order valence-electron chi connectivity index (χ1n) is 11.1. The average molecular weight is 544 g/mol. The lowest BCUT2D eigenvalue weighted by Gasteiger charge is -2.24. The summed E-state index contributed by atoms with van der Waals surface area (Å²) in [4.78, 5) is 42.7. The van der Waals surface area contributed by atoms with Crippen molar-refractivity contribution in [3.63, 3.8) is 0 Å². The molecule has 0 saturated carbocycles. The fraction of sp³-hybridized carbons (Fsp3) is 0.240. The van der Waals surface area contributed by atoms with Gasteiger partial charge < -0.3 is 14.2 Å². The molecule has 12 heteroatoms. The van der Waals surface area contributed by atoms with Crippen molar-refractivity contribution in [3.05, 3.63) is 93.6 Å². The van der Waals surface area contributed by atoms with Crippen LogP contribution < -0.4 is 24.4 Å². The molecular formula is C25H22ClN3O7S. The van der Waals surface area contributed by atoms with Crippen molar-refractivity contribution < 1.29 is 23.9 Å². The maximum absolute atomic E-state index is 13.7. The number of esters is 1. The van der Waals surface area contributed by atoms with Gasteiger partial charge in [-0.05, 0) is 43.7 Å². The second-order valence-corrected chi connectivity index (χ2v) is 9.32. The van der Waals surface area contributed by atoms with Crippen molar-refractivity contribution >= 4 is 40.7 Å². The highest BCUT2D eigenvalue weighted by Crippen LogP contribution is 2.35. The fourth-order valence-corrected chi connectivity index (χ4v) is 5.21. The van der Waals surface area contributed by atoms with E-state index in [1.807, 2.05) is 0 Å². The molecule has 0 fully saturated rings. The molecule has 1 aliphatic heterocycles. The number of nitro groups is 1. The molecule has 0 aliphatic carbocycles. The Hall–Kier alpha value is -3.96. The summed E-state index contributed by atoms with van der Waals surface area (Å²) < 4.78 is 17.3. The summed E-state index contributed by atoms with van der Waals surface area (Å²) in [6.07, 6.45) is 1.41. The van der Waals surface area contributed by atoms with E-state index in [9.17, 15) is 19.7 Å². The van der Waals surface area contributed by atoms with Gasteiger partial charge in [0.05, 0.1) is 59.2 Å². The minimum absolute atomic E-state index is 0.149. The Labute approximate surface area is 219 Å². The van der Waals surface area contributed by atoms with Crippen LogP contribution in [0.15, 0.2) is 57.5 Å². The molecule has 2 aromatic carbocycles. The number of hydrogen-bond donors (Lipinski definition) is 0. The third kappa shape index (κ3) is 4.87. The van der Waals surface area contributed by atoms with E-state index in [0.29, 0.717) is 21.1 Å². The SMILES string of the molecule is CCOC(=O)C1=C(C)N=c2s/c(=C\c3cc(OC)c(OC)cc3[N+](=O)[O-])c(=O)n2[C@H]1c1ccc(Cl)cc1. The standard InChI is InChI=1S/C25H22ClN3O7S/c1-5-36-24(31)21-13(2)27-25-28(22(21)14-6-8-16(26)9-7-14)23(30)20(37-25)11-15-10-18(34-3)19(35-4)12-17(15)29(32)33/h6-12,22H,5H2,1-4H3/b20-11-/t22-/m0/s1. The zero-order chi connectivity index (χ0) is 26.9. The van der Waals surface area contributed by atoms with E-state index in [1.165, 1.54) is 37.0 Å². The van der Waals surface area contributed by atoms with Crippen molar-refractivity contribution in [2.75, 3.05) is 20.8 Å². The van der Waals surface area contributed by atoms with Gasteiger partial charge in [0.15, 0.2) is 16.3 Å². The van der Waals surface area contributed by atoms with Gasteiger partial charge >= 0.3 is 5.97 Å². The molecule has 1 atom stereocenters. The van der Waals surface area contributed by atoms with Gasteiger partial charge in [-0.1, -0.05) is 35.1 Å². The van der Waals surface area contributed by atoms with E-state index in [4.69, 9.17) is 25.8 Å². The molecule has 37 heavy (non-hydrogen) atoms. The summed E-state index contributed by atoms with van der Waals surface area (Å²) in [5.74, 6) is -0.134. The lowest BCUT2D eigenvalue weighted by atomic mass is 9.96. The van der Waals surface area contributed by atoms with Crippen LogP contribution in [0.4, 0.5) is 5.69 Å². The minimum atomic E-state index is -0.824. The van der Waals surface area contributed by atoms with Crippen LogP contribution in [-0.4, -0.2) is 36.3 Å². The van der Waals surface area contributed by atoms with E-state index < -0.39 is 22.5 Å². The minimum Gasteiger partial charge on any atom is -0.493 e. The first kappa shape index (κ1) is 26.1. The first-order valence-corrected chi connectivity index (χ1v) is 12.2. The van der Waals surface area contributed by atoms with Crippen LogP contribution in [-0.2, 0) is 9.53 Å². The van der Waals surface area contributed by atoms with E-state index in [-0.39, 0.29) is 39.5 Å². The Balaban J connectivity index is 1.99. The fourth-order valence-electron chi connectivity index (χ4n) is 4.05. The summed E-state index contributed by atoms with van der Waals surface area (Å²) >= 11 is 7.13. The number of carbonyl (C=O) groups excluding carboxylic acids is 1. The van der Waals surface area contributed by atoms with Crippen LogP contribution in [0.1, 0.15) is 31.0 Å². The lowest BCUT2D eigenvalue weighted by Crippen LogP contribution is -2.39. The number of hydrogen-bond acceptors (Lipinski definition) is 9. The van der Waals surface area contributed by atoms with E-state index in [0.717, 1.165) is 11.3 Å². The van der Waals surface area contributed by atoms with Crippen LogP contribution in [0.25, 0.3) is 6.08 Å². The Morgan fingerprint density at radius 3 is 2.46 bits per heavy atom. The molecule has 0 N–H and O–H groups in total. The number of carbonyl (C=O) groups is 1. The zero-order valence-electron chi connectivity index (χ0n) is 20.3. The van der Waals surface area contributed by atoms with E-state index >= 15 is 0 Å². The Morgan fingerprint density at radius 1 is 1.22 bits per heavy atom. The number of aromatic nitrogens is 1. The highest BCUT2D eigenvalue weighted by atomic mass is 35.5. The number of rotatable bonds is 7. The maximum Gasteiger partial charge on any atom is 0.338 e. The first-order chi connectivity index (χ1) is 17.7. The number of methoxy groups -OCH3 is 2. The zero-order valence-corrected chi connectivity index (χ0v) is 21.9. The van der Waals surface area contributed by atoms with Crippen molar-refractivity contribution in [1.82, 2.24) is 4.57 Å². The molecule has 1 aliphatic rings. The predicted molar refractivity (Wildman–Crippen MR) is 138 cm³/mol. The van der Waals surface area contributed by atoms with E-state index in [1.54, 1.807) is 38.1 Å². The number of ether oxygens (including phenoxy) is 3. The van der Waals surface area contributed by atoms with E-state index in [2.05, 4.69) is 4.99 Å². The van der Waals surface area contributed by atoms with Gasteiger partial charge in [-0.15, -0.1) is 0 Å². The topological polar surface area (TPSA) is 122 Å². The van der Waals surface area contributed by atoms with Crippen LogP contribution in [0.2, 0.25) is 5.02 Å². The van der Waals surface area contributed by atoms with Gasteiger partial charge in [-0.2, -0.15) is 0 Å². The van der Waals surface area contributed by atoms with Crippen LogP contribution >= 0.6 is 22.9 Å². The maximum atomic E-state index is 13.7. The quantitative estimate of drug-likeness (QED) is 0.254. The lowest BCUT2D eigenvalue weighted by molar-refractivity contribution is -0.385. The molecule has 0 unspecified atom stereocenters. The number of nitrogens with zero attached hydrogens (tertiary/aromatic N) is 3. The number of halogens is 1. The van der Waals surface area contributed by atoms with Gasteiger partial charge in [0.1, 0.15) is 0 Å². The number of fused-ring (bicyclic) bond motifs is 1. The molecule has 1 aromatic heterocycles. The molecule has 4 rings (SSSR count). The average Bonchev–Trinajstić information content (AvgIpc) is 3.17. The smallest absolute Gasteiger partial charge is 0.338 e. The molecule has 3 aromatic rings. The molecule has 192 valence electrons. The monoisotopic (exact) mass is 543 g/mol. The Kier molecular flexibility index (Phi) is 7.46. The molecule has 0 spiro atoms. The largest absolute Gasteiger partial charge is 0.493 e. The summed E-state index contributed by atoms with van der Waals surface area (Å²) in [6, 6.07) is 8.62. The van der Waals surface area contributed by atoms with Crippen LogP contribution in [0, 0.1) is 10.1 Å². The second kappa shape index (κ2) is 10.6. The Morgan fingerprint density at radius 2 is 1.86 bits per heavy atom. The molecule has 0 amide bonds. The van der Waals surface area contributed by atoms with Crippen molar-refractivity contribution in [2.45, 2.75) is 19.9 Å². The third-order valence-electron chi connectivity index (χ3n) is 5.72. The van der Waals surface area contributed by atoms with Gasteiger partial charge in [-0.25, -0.2) is 9.79 Å². The second-order valence-electron chi connectivity index (χ2n) is 7.88. The molecular weight excluding hydrogens is 522 g/mol.